The first kappa shape index (κ1) is 21.6. The van der Waals surface area contributed by atoms with Crippen LogP contribution in [-0.2, 0) is 14.8 Å². The number of nitrogens with one attached hydrogen (secondary N) is 1. The van der Waals surface area contributed by atoms with Gasteiger partial charge in [0.15, 0.2) is 0 Å². The molecule has 1 saturated heterocycles. The summed E-state index contributed by atoms with van der Waals surface area (Å²) in [7, 11) is -0.691. The highest BCUT2D eigenvalue weighted by Gasteiger charge is 2.41. The molecule has 1 aliphatic rings. The fourth-order valence-corrected chi connectivity index (χ4v) is 3.83. The molecule has 0 aromatic heterocycles. The second-order valence-corrected chi connectivity index (χ2v) is 8.94. The number of carbonyl (C=O) groups is 1. The number of anilines is 1. The number of hydrogen-bond acceptors (Lipinski definition) is 4. The summed E-state index contributed by atoms with van der Waals surface area (Å²) in [6.45, 7) is 0.732. The largest absolute Gasteiger partial charge is 0.393 e. The molecule has 152 valence electrons. The molecule has 1 aliphatic heterocycles. The lowest BCUT2D eigenvalue weighted by Gasteiger charge is -2.33. The van der Waals surface area contributed by atoms with Crippen LogP contribution in [0.15, 0.2) is 29.2 Å². The highest BCUT2D eigenvalue weighted by Crippen LogP contribution is 2.33. The third-order valence-electron chi connectivity index (χ3n) is 4.54. The van der Waals surface area contributed by atoms with Crippen molar-refractivity contribution in [2.45, 2.75) is 30.3 Å². The minimum Gasteiger partial charge on any atom is -0.326 e. The Balaban J connectivity index is 1.86. The number of amides is 1. The van der Waals surface area contributed by atoms with Crippen molar-refractivity contribution in [1.29, 1.82) is 0 Å². The van der Waals surface area contributed by atoms with E-state index in [0.717, 1.165) is 4.31 Å². The fraction of sp³-hybridized carbons (Fsp3) is 0.588. The number of likely N-dealkylation sites (tertiary alicyclic amines) is 1. The zero-order valence-electron chi connectivity index (χ0n) is 15.3. The smallest absolute Gasteiger partial charge is 0.326 e. The van der Waals surface area contributed by atoms with Gasteiger partial charge in [0.25, 0.3) is 0 Å². The third-order valence-corrected chi connectivity index (χ3v) is 6.37. The molecule has 0 spiro atoms. The van der Waals surface area contributed by atoms with Gasteiger partial charge in [-0.15, -0.1) is 0 Å². The van der Waals surface area contributed by atoms with Crippen molar-refractivity contribution in [3.63, 3.8) is 0 Å². The quantitative estimate of drug-likeness (QED) is 0.787. The maximum atomic E-state index is 12.8. The monoisotopic (exact) mass is 407 g/mol. The summed E-state index contributed by atoms with van der Waals surface area (Å²) in [5.74, 6) is -1.66. The van der Waals surface area contributed by atoms with Gasteiger partial charge in [-0.1, -0.05) is 0 Å². The molecule has 1 heterocycles. The van der Waals surface area contributed by atoms with Crippen LogP contribution in [0, 0.1) is 5.92 Å². The molecule has 10 heteroatoms. The van der Waals surface area contributed by atoms with E-state index in [-0.39, 0.29) is 36.7 Å². The predicted molar refractivity (Wildman–Crippen MR) is 95.8 cm³/mol. The number of nitrogens with zero attached hydrogens (tertiary/aromatic N) is 2. The summed E-state index contributed by atoms with van der Waals surface area (Å²) >= 11 is 0. The second-order valence-electron chi connectivity index (χ2n) is 6.79. The number of piperidine rings is 1. The van der Waals surface area contributed by atoms with Crippen molar-refractivity contribution in [3.05, 3.63) is 24.3 Å². The van der Waals surface area contributed by atoms with Crippen LogP contribution in [0.2, 0.25) is 0 Å². The molecule has 0 saturated carbocycles. The van der Waals surface area contributed by atoms with Gasteiger partial charge in [0.05, 0.1) is 10.8 Å². The second kappa shape index (κ2) is 8.57. The van der Waals surface area contributed by atoms with E-state index >= 15 is 0 Å². The van der Waals surface area contributed by atoms with E-state index < -0.39 is 22.1 Å². The van der Waals surface area contributed by atoms with E-state index in [1.165, 1.54) is 38.4 Å². The Labute approximate surface area is 157 Å². The van der Waals surface area contributed by atoms with Gasteiger partial charge in [-0.05, 0) is 43.7 Å². The van der Waals surface area contributed by atoms with Crippen LogP contribution in [0.25, 0.3) is 0 Å². The number of sulfonamides is 1. The summed E-state index contributed by atoms with van der Waals surface area (Å²) in [4.78, 5) is 13.8. The number of benzene rings is 1. The first-order chi connectivity index (χ1) is 12.5. The van der Waals surface area contributed by atoms with Gasteiger partial charge in [0.1, 0.15) is 0 Å². The standard InChI is InChI=1S/C17H24F3N3O3S/c1-22(2)27(25,26)15-7-5-14(6-8-15)21-16(24)9-11-23-10-3-4-13(12-23)17(18,19)20/h5-8,13H,3-4,9-12H2,1-2H3,(H,21,24). The van der Waals surface area contributed by atoms with Crippen molar-refractivity contribution in [2.24, 2.45) is 5.92 Å². The third kappa shape index (κ3) is 5.91. The average molecular weight is 407 g/mol. The van der Waals surface area contributed by atoms with Crippen LogP contribution in [0.5, 0.6) is 0 Å². The Morgan fingerprint density at radius 1 is 1.26 bits per heavy atom. The normalized spacial score (nSPS) is 19.3. The number of rotatable bonds is 6. The topological polar surface area (TPSA) is 69.7 Å². The molecular formula is C17H24F3N3O3S. The molecule has 1 atom stereocenters. The van der Waals surface area contributed by atoms with Crippen LogP contribution in [0.3, 0.4) is 0 Å². The molecule has 0 aliphatic carbocycles. The maximum Gasteiger partial charge on any atom is 0.393 e. The zero-order chi connectivity index (χ0) is 20.2. The SMILES string of the molecule is CN(C)S(=O)(=O)c1ccc(NC(=O)CCN2CCCC(C(F)(F)F)C2)cc1. The molecule has 1 aromatic carbocycles. The lowest BCUT2D eigenvalue weighted by Crippen LogP contribution is -2.42. The number of halogens is 3. The highest BCUT2D eigenvalue weighted by atomic mass is 32.2. The fourth-order valence-electron chi connectivity index (χ4n) is 2.93. The first-order valence-electron chi connectivity index (χ1n) is 8.61. The minimum absolute atomic E-state index is 0.0718. The summed E-state index contributed by atoms with van der Waals surface area (Å²) in [6, 6.07) is 5.75. The van der Waals surface area contributed by atoms with Gasteiger partial charge in [0, 0.05) is 39.3 Å². The molecule has 27 heavy (non-hydrogen) atoms. The molecule has 6 nitrogen and oxygen atoms in total. The molecule has 0 radical (unpaired) electrons. The minimum atomic E-state index is -4.20. The Morgan fingerprint density at radius 3 is 2.44 bits per heavy atom. The van der Waals surface area contributed by atoms with Gasteiger partial charge in [-0.2, -0.15) is 13.2 Å². The Morgan fingerprint density at radius 2 is 1.89 bits per heavy atom. The van der Waals surface area contributed by atoms with Crippen LogP contribution in [0.1, 0.15) is 19.3 Å². The molecule has 1 amide bonds. The molecule has 1 fully saturated rings. The van der Waals surface area contributed by atoms with Gasteiger partial charge in [-0.3, -0.25) is 4.79 Å². The Hall–Kier alpha value is -1.65. The first-order valence-corrected chi connectivity index (χ1v) is 10.1. The number of hydrogen-bond donors (Lipinski definition) is 1. The Bertz CT molecular complexity index is 749. The summed E-state index contributed by atoms with van der Waals surface area (Å²) < 4.78 is 63.5. The number of carbonyl (C=O) groups excluding carboxylic acids is 1. The van der Waals surface area contributed by atoms with Crippen LogP contribution in [0.4, 0.5) is 18.9 Å². The molecule has 1 N–H and O–H groups in total. The maximum absolute atomic E-state index is 12.8. The molecule has 1 unspecified atom stereocenters. The van der Waals surface area contributed by atoms with Crippen molar-refractivity contribution in [3.8, 4) is 0 Å². The van der Waals surface area contributed by atoms with Gasteiger partial charge < -0.3 is 10.2 Å². The summed E-state index contributed by atoms with van der Waals surface area (Å²) in [5.41, 5.74) is 0.435. The Kier molecular flexibility index (Phi) is 6.87. The van der Waals surface area contributed by atoms with Crippen LogP contribution in [-0.4, -0.2) is 63.4 Å². The van der Waals surface area contributed by atoms with Crippen LogP contribution < -0.4 is 5.32 Å². The van der Waals surface area contributed by atoms with Crippen molar-refractivity contribution in [2.75, 3.05) is 39.0 Å². The van der Waals surface area contributed by atoms with Crippen molar-refractivity contribution < 1.29 is 26.4 Å². The van der Waals surface area contributed by atoms with Crippen molar-refractivity contribution >= 4 is 21.6 Å². The summed E-state index contributed by atoms with van der Waals surface area (Å²) in [6.07, 6.45) is -3.53. The number of alkyl halides is 3. The van der Waals surface area contributed by atoms with Gasteiger partial charge >= 0.3 is 6.18 Å². The predicted octanol–water partition coefficient (Wildman–Crippen LogP) is 2.54. The molecule has 2 rings (SSSR count). The lowest BCUT2D eigenvalue weighted by molar-refractivity contribution is -0.186. The zero-order valence-corrected chi connectivity index (χ0v) is 16.1. The van der Waals surface area contributed by atoms with Crippen LogP contribution >= 0.6 is 0 Å². The molecule has 1 aromatic rings. The summed E-state index contributed by atoms with van der Waals surface area (Å²) in [5, 5.41) is 2.63. The molecular weight excluding hydrogens is 383 g/mol. The van der Waals surface area contributed by atoms with E-state index in [0.29, 0.717) is 18.7 Å². The van der Waals surface area contributed by atoms with E-state index in [2.05, 4.69) is 5.32 Å². The highest BCUT2D eigenvalue weighted by molar-refractivity contribution is 7.89. The van der Waals surface area contributed by atoms with E-state index in [9.17, 15) is 26.4 Å². The van der Waals surface area contributed by atoms with Crippen molar-refractivity contribution in [1.82, 2.24) is 9.21 Å². The van der Waals surface area contributed by atoms with E-state index in [1.54, 1.807) is 4.90 Å². The van der Waals surface area contributed by atoms with Gasteiger partial charge in [-0.25, -0.2) is 12.7 Å². The lowest BCUT2D eigenvalue weighted by atomic mass is 9.97. The van der Waals surface area contributed by atoms with E-state index in [1.807, 2.05) is 0 Å². The average Bonchev–Trinajstić information content (AvgIpc) is 2.60. The van der Waals surface area contributed by atoms with Gasteiger partial charge in [0.2, 0.25) is 15.9 Å². The van der Waals surface area contributed by atoms with E-state index in [4.69, 9.17) is 0 Å². The molecule has 0 bridgehead atoms.